The van der Waals surface area contributed by atoms with Gasteiger partial charge in [0.2, 0.25) is 0 Å². The zero-order valence-electron chi connectivity index (χ0n) is 18.6. The summed E-state index contributed by atoms with van der Waals surface area (Å²) < 4.78 is 10.3. The molecule has 0 aromatic heterocycles. The molecule has 1 rings (SSSR count). The lowest BCUT2D eigenvalue weighted by molar-refractivity contribution is 0.0261. The Morgan fingerprint density at radius 2 is 1.52 bits per heavy atom. The van der Waals surface area contributed by atoms with Crippen molar-refractivity contribution in [1.29, 1.82) is 0 Å². The molecule has 176 valence electrons. The van der Waals surface area contributed by atoms with Crippen LogP contribution < -0.4 is 17.2 Å². The summed E-state index contributed by atoms with van der Waals surface area (Å²) in [5.74, 6) is 0. The molecule has 0 bridgehead atoms. The summed E-state index contributed by atoms with van der Waals surface area (Å²) in [6, 6.07) is 6.83. The number of amides is 2. The molecule has 1 aromatic carbocycles. The maximum absolute atomic E-state index is 11.3. The average molecular weight is 457 g/mol. The molecule has 0 aliphatic carbocycles. The van der Waals surface area contributed by atoms with Crippen LogP contribution in [-0.4, -0.2) is 48.9 Å². The van der Waals surface area contributed by atoms with E-state index in [9.17, 15) is 9.59 Å². The second-order valence-electron chi connectivity index (χ2n) is 7.71. The molecule has 6 N–H and O–H groups in total. The van der Waals surface area contributed by atoms with Crippen LogP contribution in [0.2, 0.25) is 5.02 Å². The van der Waals surface area contributed by atoms with Gasteiger partial charge in [0.15, 0.2) is 0 Å². The lowest BCUT2D eigenvalue weighted by Gasteiger charge is -2.39. The van der Waals surface area contributed by atoms with Gasteiger partial charge in [-0.3, -0.25) is 4.90 Å². The lowest BCUT2D eigenvalue weighted by Crippen LogP contribution is -2.51. The number of unbranched alkanes of at least 4 members (excludes halogenated alkanes) is 2. The summed E-state index contributed by atoms with van der Waals surface area (Å²) in [6.45, 7) is 4.93. The van der Waals surface area contributed by atoms with Crippen LogP contribution in [-0.2, 0) is 9.47 Å². The average Bonchev–Trinajstić information content (AvgIpc) is 2.72. The van der Waals surface area contributed by atoms with Gasteiger partial charge in [-0.2, -0.15) is 0 Å². The van der Waals surface area contributed by atoms with Crippen molar-refractivity contribution in [2.24, 2.45) is 17.2 Å². The molecule has 0 aliphatic heterocycles. The van der Waals surface area contributed by atoms with E-state index in [0.717, 1.165) is 44.1 Å². The standard InChI is InChI=1S/C22H37ClN4O4/c1-3-5-10-18(14-30-21(25)28)27(19(11-6-4-2)15-31-22(26)29)13-20(24)16-8-7-9-17(23)12-16/h7-9,12,18-20H,3-6,10-11,13-15,24H2,1-2H3,(H2,25,28)(H2,26,29). The molecule has 3 unspecified atom stereocenters. The smallest absolute Gasteiger partial charge is 0.404 e. The van der Waals surface area contributed by atoms with Crippen molar-refractivity contribution in [2.45, 2.75) is 70.5 Å². The van der Waals surface area contributed by atoms with Crippen LogP contribution in [0, 0.1) is 0 Å². The van der Waals surface area contributed by atoms with E-state index < -0.39 is 12.2 Å². The van der Waals surface area contributed by atoms with Crippen molar-refractivity contribution < 1.29 is 19.1 Å². The predicted molar refractivity (Wildman–Crippen MR) is 123 cm³/mol. The molecule has 0 saturated carbocycles. The predicted octanol–water partition coefficient (Wildman–Crippen LogP) is 3.95. The Labute approximate surface area is 190 Å². The minimum Gasteiger partial charge on any atom is -0.448 e. The molecule has 0 saturated heterocycles. The fourth-order valence-electron chi connectivity index (χ4n) is 3.59. The summed E-state index contributed by atoms with van der Waals surface area (Å²) in [6.07, 6.45) is 3.77. The fraction of sp³-hybridized carbons (Fsp3) is 0.636. The Hall–Kier alpha value is -2.03. The first-order valence-electron chi connectivity index (χ1n) is 10.9. The molecule has 31 heavy (non-hydrogen) atoms. The molecule has 0 spiro atoms. The second-order valence-corrected chi connectivity index (χ2v) is 8.15. The zero-order chi connectivity index (χ0) is 23.2. The highest BCUT2D eigenvalue weighted by atomic mass is 35.5. The van der Waals surface area contributed by atoms with Crippen molar-refractivity contribution in [3.63, 3.8) is 0 Å². The van der Waals surface area contributed by atoms with E-state index in [0.29, 0.717) is 11.6 Å². The van der Waals surface area contributed by atoms with Crippen LogP contribution in [0.25, 0.3) is 0 Å². The Balaban J connectivity index is 3.19. The minimum absolute atomic E-state index is 0.129. The van der Waals surface area contributed by atoms with Gasteiger partial charge in [0.25, 0.3) is 0 Å². The molecule has 3 atom stereocenters. The molecule has 0 radical (unpaired) electrons. The van der Waals surface area contributed by atoms with Crippen molar-refractivity contribution in [3.8, 4) is 0 Å². The zero-order valence-corrected chi connectivity index (χ0v) is 19.4. The van der Waals surface area contributed by atoms with Crippen LogP contribution in [0.1, 0.15) is 64.0 Å². The van der Waals surface area contributed by atoms with Crippen molar-refractivity contribution >= 4 is 23.8 Å². The number of nitrogens with zero attached hydrogens (tertiary/aromatic N) is 1. The highest BCUT2D eigenvalue weighted by Crippen LogP contribution is 2.23. The highest BCUT2D eigenvalue weighted by Gasteiger charge is 2.29. The molecule has 0 aliphatic rings. The van der Waals surface area contributed by atoms with Crippen LogP contribution in [0.4, 0.5) is 9.59 Å². The first-order chi connectivity index (χ1) is 14.8. The maximum atomic E-state index is 11.3. The highest BCUT2D eigenvalue weighted by molar-refractivity contribution is 6.30. The van der Waals surface area contributed by atoms with Crippen LogP contribution in [0.5, 0.6) is 0 Å². The molecule has 0 fully saturated rings. The Bertz CT molecular complexity index is 647. The number of ether oxygens (including phenoxy) is 2. The van der Waals surface area contributed by atoms with E-state index in [1.54, 1.807) is 6.07 Å². The summed E-state index contributed by atoms with van der Waals surface area (Å²) in [5, 5.41) is 0.610. The van der Waals surface area contributed by atoms with Gasteiger partial charge in [-0.05, 0) is 30.5 Å². The number of benzene rings is 1. The normalized spacial score (nSPS) is 14.1. The van der Waals surface area contributed by atoms with E-state index in [2.05, 4.69) is 18.7 Å². The summed E-state index contributed by atoms with van der Waals surface area (Å²) in [4.78, 5) is 24.8. The van der Waals surface area contributed by atoms with E-state index >= 15 is 0 Å². The fourth-order valence-corrected chi connectivity index (χ4v) is 3.79. The van der Waals surface area contributed by atoms with Gasteiger partial charge in [0, 0.05) is 29.7 Å². The summed E-state index contributed by atoms with van der Waals surface area (Å²) >= 11 is 6.14. The van der Waals surface area contributed by atoms with Crippen LogP contribution in [0.15, 0.2) is 24.3 Å². The maximum Gasteiger partial charge on any atom is 0.404 e. The molecular weight excluding hydrogens is 420 g/mol. The Morgan fingerprint density at radius 3 is 1.94 bits per heavy atom. The molecular formula is C22H37ClN4O4. The Morgan fingerprint density at radius 1 is 1.00 bits per heavy atom. The SMILES string of the molecule is CCCCC(COC(N)=O)N(CC(N)c1cccc(Cl)c1)C(CCCC)COC(N)=O. The number of carbonyl (C=O) groups excluding carboxylic acids is 2. The molecule has 1 aromatic rings. The number of carbonyl (C=O) groups is 2. The number of primary amides is 2. The number of halogens is 1. The first kappa shape index (κ1) is 27.0. The largest absolute Gasteiger partial charge is 0.448 e. The molecule has 2 amide bonds. The summed E-state index contributed by atoms with van der Waals surface area (Å²) in [5.41, 5.74) is 17.9. The monoisotopic (exact) mass is 456 g/mol. The topological polar surface area (TPSA) is 134 Å². The Kier molecular flexibility index (Phi) is 13.0. The van der Waals surface area contributed by atoms with Gasteiger partial charge >= 0.3 is 12.2 Å². The van der Waals surface area contributed by atoms with E-state index in [4.69, 9.17) is 38.3 Å². The van der Waals surface area contributed by atoms with Gasteiger partial charge in [0.1, 0.15) is 13.2 Å². The minimum atomic E-state index is -0.820. The number of rotatable bonds is 15. The van der Waals surface area contributed by atoms with E-state index in [1.165, 1.54) is 0 Å². The van der Waals surface area contributed by atoms with Gasteiger partial charge < -0.3 is 26.7 Å². The summed E-state index contributed by atoms with van der Waals surface area (Å²) in [7, 11) is 0. The van der Waals surface area contributed by atoms with Crippen molar-refractivity contribution in [1.82, 2.24) is 4.90 Å². The number of hydrogen-bond acceptors (Lipinski definition) is 6. The lowest BCUT2D eigenvalue weighted by atomic mass is 10.00. The van der Waals surface area contributed by atoms with E-state index in [-0.39, 0.29) is 31.3 Å². The number of nitrogens with two attached hydrogens (primary N) is 3. The third kappa shape index (κ3) is 10.7. The van der Waals surface area contributed by atoms with Gasteiger partial charge in [-0.1, -0.05) is 63.3 Å². The molecule has 9 heteroatoms. The van der Waals surface area contributed by atoms with E-state index in [1.807, 2.05) is 18.2 Å². The number of hydrogen-bond donors (Lipinski definition) is 3. The van der Waals surface area contributed by atoms with Crippen LogP contribution in [0.3, 0.4) is 0 Å². The third-order valence-electron chi connectivity index (χ3n) is 5.24. The van der Waals surface area contributed by atoms with Crippen molar-refractivity contribution in [3.05, 3.63) is 34.9 Å². The van der Waals surface area contributed by atoms with Gasteiger partial charge in [-0.25, -0.2) is 9.59 Å². The van der Waals surface area contributed by atoms with Crippen LogP contribution >= 0.6 is 11.6 Å². The van der Waals surface area contributed by atoms with Gasteiger partial charge in [0.05, 0.1) is 0 Å². The first-order valence-corrected chi connectivity index (χ1v) is 11.3. The van der Waals surface area contributed by atoms with Gasteiger partial charge in [-0.15, -0.1) is 0 Å². The second kappa shape index (κ2) is 14.9. The molecule has 8 nitrogen and oxygen atoms in total. The quantitative estimate of drug-likeness (QED) is 0.365. The molecule has 0 heterocycles. The van der Waals surface area contributed by atoms with Crippen molar-refractivity contribution in [2.75, 3.05) is 19.8 Å². The third-order valence-corrected chi connectivity index (χ3v) is 5.48.